The van der Waals surface area contributed by atoms with Crippen molar-refractivity contribution in [2.45, 2.75) is 0 Å². The molecule has 0 aromatic heterocycles. The van der Waals surface area contributed by atoms with Crippen molar-refractivity contribution in [3.8, 4) is 0 Å². The van der Waals surface area contributed by atoms with E-state index in [1.165, 1.54) is 0 Å². The van der Waals surface area contributed by atoms with E-state index in [4.69, 9.17) is 0 Å². The lowest BCUT2D eigenvalue weighted by molar-refractivity contribution is 0.0955. The van der Waals surface area contributed by atoms with E-state index in [9.17, 15) is 9.59 Å². The second kappa shape index (κ2) is 7.84. The Morgan fingerprint density at radius 1 is 0.600 bits per heavy atom. The standard InChI is InChI=1S/C21H16N2O2/c24-20(17-12-6-2-7-13-17)19(16-10-4-1-5-11-16)22-23-21(25)18-14-8-3-9-15-18/h1-15H,(H,23,25)/b22-19-. The largest absolute Gasteiger partial charge is 0.287 e. The van der Waals surface area contributed by atoms with Gasteiger partial charge in [-0.2, -0.15) is 5.10 Å². The van der Waals surface area contributed by atoms with E-state index >= 15 is 0 Å². The number of ketones is 1. The normalized spacial score (nSPS) is 11.0. The summed E-state index contributed by atoms with van der Waals surface area (Å²) in [5, 5.41) is 4.11. The summed E-state index contributed by atoms with van der Waals surface area (Å²) in [6, 6.07) is 26.7. The van der Waals surface area contributed by atoms with Gasteiger partial charge in [-0.15, -0.1) is 0 Å². The lowest BCUT2D eigenvalue weighted by atomic mass is 10.0. The second-order valence-electron chi connectivity index (χ2n) is 5.33. The Hall–Kier alpha value is -3.53. The molecule has 25 heavy (non-hydrogen) atoms. The van der Waals surface area contributed by atoms with Gasteiger partial charge in [-0.3, -0.25) is 9.59 Å². The van der Waals surface area contributed by atoms with Crippen molar-refractivity contribution in [2.24, 2.45) is 5.10 Å². The highest BCUT2D eigenvalue weighted by atomic mass is 16.2. The highest BCUT2D eigenvalue weighted by molar-refractivity contribution is 6.51. The molecule has 4 nitrogen and oxygen atoms in total. The summed E-state index contributed by atoms with van der Waals surface area (Å²) in [6.45, 7) is 0. The Morgan fingerprint density at radius 3 is 1.56 bits per heavy atom. The Kier molecular flexibility index (Phi) is 5.12. The van der Waals surface area contributed by atoms with Crippen LogP contribution in [0.1, 0.15) is 26.3 Å². The third kappa shape index (κ3) is 4.06. The molecule has 0 aliphatic rings. The highest BCUT2D eigenvalue weighted by Gasteiger charge is 2.17. The van der Waals surface area contributed by atoms with Gasteiger partial charge in [0.15, 0.2) is 0 Å². The smallest absolute Gasteiger partial charge is 0.271 e. The van der Waals surface area contributed by atoms with Gasteiger partial charge in [0.2, 0.25) is 5.78 Å². The molecular formula is C21H16N2O2. The predicted molar refractivity (Wildman–Crippen MR) is 97.7 cm³/mol. The summed E-state index contributed by atoms with van der Waals surface area (Å²) >= 11 is 0. The zero-order valence-corrected chi connectivity index (χ0v) is 13.4. The monoisotopic (exact) mass is 328 g/mol. The molecule has 0 spiro atoms. The predicted octanol–water partition coefficient (Wildman–Crippen LogP) is 3.70. The quantitative estimate of drug-likeness (QED) is 0.441. The van der Waals surface area contributed by atoms with Crippen LogP contribution in [0.3, 0.4) is 0 Å². The van der Waals surface area contributed by atoms with Gasteiger partial charge in [0.05, 0.1) is 0 Å². The van der Waals surface area contributed by atoms with E-state index in [2.05, 4.69) is 10.5 Å². The van der Waals surface area contributed by atoms with E-state index in [-0.39, 0.29) is 17.4 Å². The number of Topliss-reactive ketones (excluding diaryl/α,β-unsaturated/α-hetero) is 1. The molecule has 0 aliphatic heterocycles. The van der Waals surface area contributed by atoms with Crippen LogP contribution in [0.15, 0.2) is 96.1 Å². The molecule has 0 bridgehead atoms. The molecule has 0 radical (unpaired) electrons. The van der Waals surface area contributed by atoms with Crippen molar-refractivity contribution in [3.05, 3.63) is 108 Å². The number of hydrogen-bond donors (Lipinski definition) is 1. The van der Waals surface area contributed by atoms with Gasteiger partial charge in [0.25, 0.3) is 5.91 Å². The van der Waals surface area contributed by atoms with E-state index in [0.717, 1.165) is 0 Å². The number of carbonyl (C=O) groups is 2. The lowest BCUT2D eigenvalue weighted by Gasteiger charge is -2.07. The molecule has 0 aliphatic carbocycles. The Morgan fingerprint density at radius 2 is 1.04 bits per heavy atom. The van der Waals surface area contributed by atoms with E-state index in [1.54, 1.807) is 60.7 Å². The van der Waals surface area contributed by atoms with Gasteiger partial charge in [0.1, 0.15) is 5.71 Å². The summed E-state index contributed by atoms with van der Waals surface area (Å²) in [6.07, 6.45) is 0. The molecule has 0 fully saturated rings. The van der Waals surface area contributed by atoms with Crippen LogP contribution >= 0.6 is 0 Å². The summed E-state index contributed by atoms with van der Waals surface area (Å²) in [5.41, 5.74) is 4.30. The van der Waals surface area contributed by atoms with Crippen LogP contribution < -0.4 is 5.43 Å². The van der Waals surface area contributed by atoms with Crippen LogP contribution in [0.5, 0.6) is 0 Å². The fourth-order valence-electron chi connectivity index (χ4n) is 2.33. The van der Waals surface area contributed by atoms with Gasteiger partial charge in [-0.05, 0) is 12.1 Å². The molecule has 3 aromatic rings. The number of carbonyl (C=O) groups excluding carboxylic acids is 2. The topological polar surface area (TPSA) is 58.5 Å². The van der Waals surface area contributed by atoms with E-state index in [1.807, 2.05) is 30.3 Å². The Balaban J connectivity index is 1.92. The Labute approximate surface area is 145 Å². The number of rotatable bonds is 5. The summed E-state index contributed by atoms with van der Waals surface area (Å²) in [4.78, 5) is 25.0. The van der Waals surface area contributed by atoms with E-state index < -0.39 is 0 Å². The Bertz CT molecular complexity index is 889. The molecule has 0 atom stereocenters. The van der Waals surface area contributed by atoms with Crippen molar-refractivity contribution in [3.63, 3.8) is 0 Å². The SMILES string of the molecule is O=C(N/N=C(\C(=O)c1ccccc1)c1ccccc1)c1ccccc1. The molecule has 0 saturated heterocycles. The molecule has 4 heteroatoms. The third-order valence-electron chi connectivity index (χ3n) is 3.60. The number of amides is 1. The maximum absolute atomic E-state index is 12.8. The molecule has 0 unspecified atom stereocenters. The van der Waals surface area contributed by atoms with Gasteiger partial charge >= 0.3 is 0 Å². The molecule has 0 saturated carbocycles. The third-order valence-corrected chi connectivity index (χ3v) is 3.60. The van der Waals surface area contributed by atoms with Crippen molar-refractivity contribution < 1.29 is 9.59 Å². The zero-order valence-electron chi connectivity index (χ0n) is 13.4. The second-order valence-corrected chi connectivity index (χ2v) is 5.33. The van der Waals surface area contributed by atoms with Gasteiger partial charge in [0, 0.05) is 16.7 Å². The number of nitrogens with one attached hydrogen (secondary N) is 1. The number of nitrogens with zero attached hydrogens (tertiary/aromatic N) is 1. The number of benzene rings is 3. The van der Waals surface area contributed by atoms with Crippen LogP contribution in [0.2, 0.25) is 0 Å². The fraction of sp³-hybridized carbons (Fsp3) is 0. The first-order valence-corrected chi connectivity index (χ1v) is 7.84. The van der Waals surface area contributed by atoms with Crippen LogP contribution in [0.4, 0.5) is 0 Å². The number of hydrogen-bond acceptors (Lipinski definition) is 3. The lowest BCUT2D eigenvalue weighted by Crippen LogP contribution is -2.24. The van der Waals surface area contributed by atoms with E-state index in [0.29, 0.717) is 16.7 Å². The molecule has 122 valence electrons. The molecule has 0 heterocycles. The van der Waals surface area contributed by atoms with Crippen molar-refractivity contribution in [1.29, 1.82) is 0 Å². The maximum Gasteiger partial charge on any atom is 0.271 e. The minimum Gasteiger partial charge on any atom is -0.287 e. The van der Waals surface area contributed by atoms with Gasteiger partial charge < -0.3 is 0 Å². The van der Waals surface area contributed by atoms with Gasteiger partial charge in [-0.1, -0.05) is 78.9 Å². The molecule has 3 aromatic carbocycles. The first kappa shape index (κ1) is 16.3. The molecule has 1 N–H and O–H groups in total. The molecule has 1 amide bonds. The highest BCUT2D eigenvalue weighted by Crippen LogP contribution is 2.09. The van der Waals surface area contributed by atoms with Crippen LogP contribution in [-0.4, -0.2) is 17.4 Å². The molecular weight excluding hydrogens is 312 g/mol. The average molecular weight is 328 g/mol. The van der Waals surface area contributed by atoms with Crippen LogP contribution in [0, 0.1) is 0 Å². The summed E-state index contributed by atoms with van der Waals surface area (Å²) in [5.74, 6) is -0.616. The number of hydrazone groups is 1. The first-order valence-electron chi connectivity index (χ1n) is 7.84. The summed E-state index contributed by atoms with van der Waals surface area (Å²) in [7, 11) is 0. The van der Waals surface area contributed by atoms with Crippen molar-refractivity contribution >= 4 is 17.4 Å². The van der Waals surface area contributed by atoms with Gasteiger partial charge in [-0.25, -0.2) is 5.43 Å². The summed E-state index contributed by atoms with van der Waals surface area (Å²) < 4.78 is 0. The molecule has 3 rings (SSSR count). The minimum absolute atomic E-state index is 0.191. The first-order chi connectivity index (χ1) is 12.3. The fourth-order valence-corrected chi connectivity index (χ4v) is 2.33. The van der Waals surface area contributed by atoms with Crippen molar-refractivity contribution in [1.82, 2.24) is 5.43 Å². The zero-order chi connectivity index (χ0) is 17.5. The minimum atomic E-state index is -0.366. The average Bonchev–Trinajstić information content (AvgIpc) is 2.70. The van der Waals surface area contributed by atoms with Crippen LogP contribution in [-0.2, 0) is 0 Å². The van der Waals surface area contributed by atoms with Crippen molar-refractivity contribution in [2.75, 3.05) is 0 Å². The van der Waals surface area contributed by atoms with Crippen LogP contribution in [0.25, 0.3) is 0 Å². The maximum atomic E-state index is 12.8.